The molecule has 1 unspecified atom stereocenters. The summed E-state index contributed by atoms with van der Waals surface area (Å²) in [7, 11) is 0. The van der Waals surface area contributed by atoms with Crippen molar-refractivity contribution in [2.45, 2.75) is 32.7 Å². The Balaban J connectivity index is 2.01. The molecule has 1 aromatic carbocycles. The highest BCUT2D eigenvalue weighted by Crippen LogP contribution is 2.43. The van der Waals surface area contributed by atoms with Crippen molar-refractivity contribution in [1.29, 1.82) is 0 Å². The van der Waals surface area contributed by atoms with Crippen LogP contribution >= 0.6 is 22.9 Å². The summed E-state index contributed by atoms with van der Waals surface area (Å²) in [5.41, 5.74) is 8.83. The van der Waals surface area contributed by atoms with Gasteiger partial charge in [-0.1, -0.05) is 37.6 Å². The van der Waals surface area contributed by atoms with Crippen LogP contribution in [0.25, 0.3) is 10.6 Å². The van der Waals surface area contributed by atoms with Crippen molar-refractivity contribution in [2.24, 2.45) is 11.1 Å². The first-order valence-corrected chi connectivity index (χ1v) is 7.65. The molecule has 0 amide bonds. The van der Waals surface area contributed by atoms with E-state index in [1.54, 1.807) is 11.3 Å². The summed E-state index contributed by atoms with van der Waals surface area (Å²) >= 11 is 7.65. The van der Waals surface area contributed by atoms with Gasteiger partial charge in [0.2, 0.25) is 0 Å². The van der Waals surface area contributed by atoms with Gasteiger partial charge in [-0.3, -0.25) is 0 Å². The molecule has 0 radical (unpaired) electrons. The van der Waals surface area contributed by atoms with E-state index in [1.165, 1.54) is 10.6 Å². The van der Waals surface area contributed by atoms with E-state index in [4.69, 9.17) is 22.3 Å². The fourth-order valence-corrected chi connectivity index (χ4v) is 3.92. The Hall–Kier alpha value is -0.900. The number of fused-ring (bicyclic) bond motifs is 1. The van der Waals surface area contributed by atoms with Gasteiger partial charge in [0.15, 0.2) is 0 Å². The van der Waals surface area contributed by atoms with Gasteiger partial charge in [0.25, 0.3) is 0 Å². The molecular weight excluding hydrogens is 276 g/mol. The predicted octanol–water partition coefficient (Wildman–Crippen LogP) is 4.44. The van der Waals surface area contributed by atoms with Crippen LogP contribution in [0, 0.1) is 5.41 Å². The van der Waals surface area contributed by atoms with Crippen molar-refractivity contribution in [3.63, 3.8) is 0 Å². The van der Waals surface area contributed by atoms with Gasteiger partial charge >= 0.3 is 0 Å². The molecule has 2 N–H and O–H groups in total. The third-order valence-electron chi connectivity index (χ3n) is 3.57. The minimum Gasteiger partial charge on any atom is -0.323 e. The van der Waals surface area contributed by atoms with Crippen molar-refractivity contribution in [3.05, 3.63) is 39.9 Å². The van der Waals surface area contributed by atoms with Crippen molar-refractivity contribution >= 4 is 22.9 Å². The minimum atomic E-state index is 0.123. The van der Waals surface area contributed by atoms with E-state index < -0.39 is 0 Å². The van der Waals surface area contributed by atoms with Crippen molar-refractivity contribution in [3.8, 4) is 10.6 Å². The van der Waals surface area contributed by atoms with E-state index >= 15 is 0 Å². The second-order valence-electron chi connectivity index (χ2n) is 5.99. The fourth-order valence-electron chi connectivity index (χ4n) is 2.71. The van der Waals surface area contributed by atoms with Gasteiger partial charge in [-0.25, -0.2) is 4.98 Å². The van der Waals surface area contributed by atoms with Crippen LogP contribution in [0.1, 0.15) is 36.9 Å². The number of aromatic nitrogens is 1. The summed E-state index contributed by atoms with van der Waals surface area (Å²) in [6.45, 7) is 4.52. The predicted molar refractivity (Wildman–Crippen MR) is 81.6 cm³/mol. The van der Waals surface area contributed by atoms with E-state index in [0.29, 0.717) is 0 Å². The summed E-state index contributed by atoms with van der Waals surface area (Å²) in [6, 6.07) is 7.96. The molecule has 1 atom stereocenters. The highest BCUT2D eigenvalue weighted by atomic mass is 35.5. The molecule has 0 fully saturated rings. The molecule has 19 heavy (non-hydrogen) atoms. The normalized spacial score (nSPS) is 21.2. The minimum absolute atomic E-state index is 0.123. The number of benzene rings is 1. The topological polar surface area (TPSA) is 38.9 Å². The molecule has 2 aromatic rings. The van der Waals surface area contributed by atoms with Crippen LogP contribution in [0.4, 0.5) is 0 Å². The summed E-state index contributed by atoms with van der Waals surface area (Å²) in [5, 5.41) is 1.80. The SMILES string of the molecule is CC1(C)Cc2nc(-c3ccc(Cl)cc3)sc2C(N)C1. The second kappa shape index (κ2) is 4.58. The van der Waals surface area contributed by atoms with E-state index in [0.717, 1.165) is 28.4 Å². The van der Waals surface area contributed by atoms with Gasteiger partial charge in [-0.05, 0) is 30.4 Å². The highest BCUT2D eigenvalue weighted by Gasteiger charge is 2.33. The maximum absolute atomic E-state index is 6.29. The van der Waals surface area contributed by atoms with Gasteiger partial charge in [-0.15, -0.1) is 11.3 Å². The summed E-state index contributed by atoms with van der Waals surface area (Å²) in [4.78, 5) is 6.05. The Morgan fingerprint density at radius 2 is 2.00 bits per heavy atom. The smallest absolute Gasteiger partial charge is 0.123 e. The first-order chi connectivity index (χ1) is 8.94. The lowest BCUT2D eigenvalue weighted by Crippen LogP contribution is -2.28. The van der Waals surface area contributed by atoms with Crippen LogP contribution in [0.15, 0.2) is 24.3 Å². The molecule has 1 aliphatic carbocycles. The second-order valence-corrected chi connectivity index (χ2v) is 7.46. The monoisotopic (exact) mass is 292 g/mol. The molecule has 100 valence electrons. The molecule has 3 rings (SSSR count). The Bertz CT molecular complexity index is 601. The first kappa shape index (κ1) is 13.1. The molecule has 0 aliphatic heterocycles. The Morgan fingerprint density at radius 1 is 1.32 bits per heavy atom. The number of nitrogens with zero attached hydrogens (tertiary/aromatic N) is 1. The Kier molecular flexibility index (Phi) is 3.16. The fraction of sp³-hybridized carbons (Fsp3) is 0.400. The number of rotatable bonds is 1. The molecule has 0 saturated heterocycles. The molecule has 1 aliphatic rings. The zero-order valence-corrected chi connectivity index (χ0v) is 12.7. The molecule has 1 heterocycles. The van der Waals surface area contributed by atoms with Crippen molar-refractivity contribution in [2.75, 3.05) is 0 Å². The van der Waals surface area contributed by atoms with E-state index in [2.05, 4.69) is 13.8 Å². The molecule has 0 bridgehead atoms. The average Bonchev–Trinajstić information content (AvgIpc) is 2.72. The molecule has 4 heteroatoms. The van der Waals surface area contributed by atoms with E-state index in [-0.39, 0.29) is 11.5 Å². The molecule has 0 spiro atoms. The van der Waals surface area contributed by atoms with Crippen LogP contribution in [-0.4, -0.2) is 4.98 Å². The van der Waals surface area contributed by atoms with E-state index in [9.17, 15) is 0 Å². The van der Waals surface area contributed by atoms with Crippen LogP contribution in [0.3, 0.4) is 0 Å². The van der Waals surface area contributed by atoms with Crippen LogP contribution < -0.4 is 5.73 Å². The van der Waals surface area contributed by atoms with Gasteiger partial charge in [0.1, 0.15) is 5.01 Å². The average molecular weight is 293 g/mol. The van der Waals surface area contributed by atoms with Gasteiger partial charge in [0.05, 0.1) is 5.69 Å². The lowest BCUT2D eigenvalue weighted by molar-refractivity contribution is 0.282. The lowest BCUT2D eigenvalue weighted by Gasteiger charge is -2.32. The maximum Gasteiger partial charge on any atom is 0.123 e. The third-order valence-corrected chi connectivity index (χ3v) is 5.10. The van der Waals surface area contributed by atoms with Crippen LogP contribution in [0.2, 0.25) is 5.02 Å². The number of nitrogens with two attached hydrogens (primary N) is 1. The molecule has 0 saturated carbocycles. The first-order valence-electron chi connectivity index (χ1n) is 6.46. The van der Waals surface area contributed by atoms with Gasteiger partial charge in [-0.2, -0.15) is 0 Å². The largest absolute Gasteiger partial charge is 0.323 e. The standard InChI is InChI=1S/C15H17ClN2S/c1-15(2)7-11(17)13-12(8-15)18-14(19-13)9-3-5-10(16)6-4-9/h3-6,11H,7-8,17H2,1-2H3. The quantitative estimate of drug-likeness (QED) is 0.844. The van der Waals surface area contributed by atoms with Crippen molar-refractivity contribution in [1.82, 2.24) is 4.98 Å². The van der Waals surface area contributed by atoms with E-state index in [1.807, 2.05) is 24.3 Å². The molecular formula is C15H17ClN2S. The number of halogens is 1. The summed E-state index contributed by atoms with van der Waals surface area (Å²) in [5.74, 6) is 0. The number of hydrogen-bond donors (Lipinski definition) is 1. The zero-order valence-electron chi connectivity index (χ0n) is 11.1. The summed E-state index contributed by atoms with van der Waals surface area (Å²) in [6.07, 6.45) is 2.04. The molecule has 1 aromatic heterocycles. The van der Waals surface area contributed by atoms with Gasteiger partial charge in [0, 0.05) is 21.5 Å². The highest BCUT2D eigenvalue weighted by molar-refractivity contribution is 7.15. The van der Waals surface area contributed by atoms with Crippen LogP contribution in [0.5, 0.6) is 0 Å². The Morgan fingerprint density at radius 3 is 2.68 bits per heavy atom. The Labute approximate surface area is 122 Å². The van der Waals surface area contributed by atoms with Crippen LogP contribution in [-0.2, 0) is 6.42 Å². The van der Waals surface area contributed by atoms with Crippen molar-refractivity contribution < 1.29 is 0 Å². The summed E-state index contributed by atoms with van der Waals surface area (Å²) < 4.78 is 0. The molecule has 2 nitrogen and oxygen atoms in total. The lowest BCUT2D eigenvalue weighted by atomic mass is 9.77. The number of hydrogen-bond acceptors (Lipinski definition) is 3. The third kappa shape index (κ3) is 2.55. The maximum atomic E-state index is 6.29. The van der Waals surface area contributed by atoms with Gasteiger partial charge < -0.3 is 5.73 Å². The zero-order chi connectivity index (χ0) is 13.6. The number of thiazole rings is 1.